The van der Waals surface area contributed by atoms with Crippen LogP contribution < -0.4 is 20.1 Å². The minimum Gasteiger partial charge on any atom is -0.483 e. The summed E-state index contributed by atoms with van der Waals surface area (Å²) in [5, 5.41) is 7.85. The van der Waals surface area contributed by atoms with Crippen LogP contribution in [-0.2, 0) is 9.59 Å². The number of aromatic nitrogens is 1. The zero-order chi connectivity index (χ0) is 20.4. The molecule has 3 aromatic rings. The van der Waals surface area contributed by atoms with Crippen LogP contribution in [0.25, 0.3) is 11.3 Å². The first kappa shape index (κ1) is 18.9. The Kier molecular flexibility index (Phi) is 5.18. The van der Waals surface area contributed by atoms with Crippen molar-refractivity contribution >= 4 is 34.0 Å². The largest absolute Gasteiger partial charge is 0.483 e. The Morgan fingerprint density at radius 2 is 2.17 bits per heavy atom. The Morgan fingerprint density at radius 1 is 1.31 bits per heavy atom. The second-order valence-corrected chi connectivity index (χ2v) is 7.48. The first-order valence-electron chi connectivity index (χ1n) is 9.01. The van der Waals surface area contributed by atoms with Crippen LogP contribution >= 0.6 is 11.3 Å². The molecule has 2 N–H and O–H groups in total. The van der Waals surface area contributed by atoms with Gasteiger partial charge in [-0.15, -0.1) is 11.3 Å². The summed E-state index contributed by atoms with van der Waals surface area (Å²) < 4.78 is 11.0. The molecule has 1 aromatic heterocycles. The molecule has 1 aliphatic rings. The van der Waals surface area contributed by atoms with Crippen molar-refractivity contribution in [3.05, 3.63) is 52.9 Å². The molecule has 2 heterocycles. The van der Waals surface area contributed by atoms with Gasteiger partial charge in [-0.05, 0) is 49.2 Å². The normalized spacial score (nSPS) is 12.6. The number of fused-ring (bicyclic) bond motifs is 1. The molecule has 0 aliphatic carbocycles. The molecule has 0 radical (unpaired) electrons. The third kappa shape index (κ3) is 4.22. The third-order valence-electron chi connectivity index (χ3n) is 4.57. The minimum atomic E-state index is -0.280. The molecule has 0 atom stereocenters. The van der Waals surface area contributed by atoms with Gasteiger partial charge in [0.25, 0.3) is 11.8 Å². The maximum absolute atomic E-state index is 12.2. The summed E-state index contributed by atoms with van der Waals surface area (Å²) >= 11 is 1.32. The molecule has 0 fully saturated rings. The molecule has 148 valence electrons. The van der Waals surface area contributed by atoms with Gasteiger partial charge in [0.15, 0.2) is 18.3 Å². The van der Waals surface area contributed by atoms with E-state index in [4.69, 9.17) is 9.47 Å². The van der Waals surface area contributed by atoms with Crippen molar-refractivity contribution in [3.63, 3.8) is 0 Å². The molecule has 0 spiro atoms. The molecular weight excluding hydrogens is 390 g/mol. The highest BCUT2D eigenvalue weighted by atomic mass is 32.1. The Balaban J connectivity index is 1.40. The van der Waals surface area contributed by atoms with Crippen molar-refractivity contribution in [3.8, 4) is 22.8 Å². The number of rotatable bonds is 5. The average molecular weight is 409 g/mol. The predicted molar refractivity (Wildman–Crippen MR) is 112 cm³/mol. The van der Waals surface area contributed by atoms with E-state index in [1.165, 1.54) is 11.3 Å². The Bertz CT molecular complexity index is 1090. The van der Waals surface area contributed by atoms with Crippen molar-refractivity contribution in [2.45, 2.75) is 13.8 Å². The molecule has 2 aromatic carbocycles. The van der Waals surface area contributed by atoms with Crippen molar-refractivity contribution in [2.24, 2.45) is 0 Å². The van der Waals surface area contributed by atoms with E-state index in [2.05, 4.69) is 15.6 Å². The van der Waals surface area contributed by atoms with Crippen LogP contribution in [-0.4, -0.2) is 30.0 Å². The number of hydrogen-bond donors (Lipinski definition) is 2. The van der Waals surface area contributed by atoms with E-state index in [0.717, 1.165) is 16.7 Å². The zero-order valence-corrected chi connectivity index (χ0v) is 16.8. The highest BCUT2D eigenvalue weighted by Gasteiger charge is 2.17. The van der Waals surface area contributed by atoms with Crippen LogP contribution in [0, 0.1) is 13.8 Å². The second kappa shape index (κ2) is 7.92. The van der Waals surface area contributed by atoms with Gasteiger partial charge in [0.05, 0.1) is 11.4 Å². The summed E-state index contributed by atoms with van der Waals surface area (Å²) in [7, 11) is 0. The molecule has 29 heavy (non-hydrogen) atoms. The number of aryl methyl sites for hydroxylation is 1. The molecule has 0 bridgehead atoms. The van der Waals surface area contributed by atoms with Crippen molar-refractivity contribution in [1.29, 1.82) is 0 Å². The number of carbonyl (C=O) groups is 2. The lowest BCUT2D eigenvalue weighted by Gasteiger charge is -2.18. The minimum absolute atomic E-state index is 0.0172. The number of nitrogens with one attached hydrogen (secondary N) is 2. The standard InChI is InChI=1S/C21H19N3O4S/c1-12-4-3-5-17(13(12)2)27-10-20(26)24-21-23-16(11-29-21)14-6-7-18-15(8-14)22-19(25)9-28-18/h3-8,11H,9-10H2,1-2H3,(H,22,25)(H,23,24,26). The smallest absolute Gasteiger partial charge is 0.264 e. The summed E-state index contributed by atoms with van der Waals surface area (Å²) in [5.74, 6) is 0.849. The van der Waals surface area contributed by atoms with Crippen LogP contribution in [0.15, 0.2) is 41.8 Å². The van der Waals surface area contributed by atoms with Crippen LogP contribution in [0.4, 0.5) is 10.8 Å². The molecule has 8 heteroatoms. The number of amides is 2. The monoisotopic (exact) mass is 409 g/mol. The number of anilines is 2. The third-order valence-corrected chi connectivity index (χ3v) is 5.33. The van der Waals surface area contributed by atoms with Gasteiger partial charge in [-0.3, -0.25) is 14.9 Å². The van der Waals surface area contributed by atoms with E-state index < -0.39 is 0 Å². The van der Waals surface area contributed by atoms with Gasteiger partial charge in [0.2, 0.25) is 0 Å². The molecular formula is C21H19N3O4S. The van der Waals surface area contributed by atoms with Gasteiger partial charge in [0.1, 0.15) is 11.5 Å². The lowest BCUT2D eigenvalue weighted by molar-refractivity contribution is -0.119. The van der Waals surface area contributed by atoms with E-state index in [1.54, 1.807) is 12.1 Å². The fraction of sp³-hybridized carbons (Fsp3) is 0.190. The summed E-state index contributed by atoms with van der Waals surface area (Å²) in [6, 6.07) is 11.2. The summed E-state index contributed by atoms with van der Waals surface area (Å²) in [6.07, 6.45) is 0. The number of ether oxygens (including phenoxy) is 2. The first-order valence-corrected chi connectivity index (χ1v) is 9.89. The van der Waals surface area contributed by atoms with Gasteiger partial charge in [0, 0.05) is 10.9 Å². The highest BCUT2D eigenvalue weighted by Crippen LogP contribution is 2.33. The average Bonchev–Trinajstić information content (AvgIpc) is 3.17. The molecule has 4 rings (SSSR count). The predicted octanol–water partition coefficient (Wildman–Crippen LogP) is 3.78. The number of hydrogen-bond acceptors (Lipinski definition) is 6. The van der Waals surface area contributed by atoms with Gasteiger partial charge < -0.3 is 14.8 Å². The molecule has 7 nitrogen and oxygen atoms in total. The van der Waals surface area contributed by atoms with Crippen LogP contribution in [0.1, 0.15) is 11.1 Å². The fourth-order valence-electron chi connectivity index (χ4n) is 2.89. The van der Waals surface area contributed by atoms with Gasteiger partial charge in [-0.25, -0.2) is 4.98 Å². The summed E-state index contributed by atoms with van der Waals surface area (Å²) in [6.45, 7) is 3.88. The van der Waals surface area contributed by atoms with Crippen molar-refractivity contribution in [1.82, 2.24) is 4.98 Å². The Labute approximate surface area is 171 Å². The SMILES string of the molecule is Cc1cccc(OCC(=O)Nc2nc(-c3ccc4c(c3)NC(=O)CO4)cs2)c1C. The van der Waals surface area contributed by atoms with Crippen LogP contribution in [0.2, 0.25) is 0 Å². The molecule has 0 saturated heterocycles. The van der Waals surface area contributed by atoms with Crippen LogP contribution in [0.5, 0.6) is 11.5 Å². The topological polar surface area (TPSA) is 89.5 Å². The lowest BCUT2D eigenvalue weighted by Crippen LogP contribution is -2.25. The van der Waals surface area contributed by atoms with Crippen molar-refractivity contribution in [2.75, 3.05) is 23.8 Å². The Hall–Kier alpha value is -3.39. The van der Waals surface area contributed by atoms with Crippen molar-refractivity contribution < 1.29 is 19.1 Å². The molecule has 2 amide bonds. The van der Waals surface area contributed by atoms with E-state index in [9.17, 15) is 9.59 Å². The lowest BCUT2D eigenvalue weighted by atomic mass is 10.1. The maximum atomic E-state index is 12.2. The molecule has 0 unspecified atom stereocenters. The highest BCUT2D eigenvalue weighted by molar-refractivity contribution is 7.14. The molecule has 1 aliphatic heterocycles. The van der Waals surface area contributed by atoms with Crippen LogP contribution in [0.3, 0.4) is 0 Å². The van der Waals surface area contributed by atoms with E-state index in [-0.39, 0.29) is 25.0 Å². The number of benzene rings is 2. The molecule has 0 saturated carbocycles. The first-order chi connectivity index (χ1) is 14.0. The zero-order valence-electron chi connectivity index (χ0n) is 15.9. The van der Waals surface area contributed by atoms with Gasteiger partial charge >= 0.3 is 0 Å². The number of carbonyl (C=O) groups excluding carboxylic acids is 2. The second-order valence-electron chi connectivity index (χ2n) is 6.62. The number of nitrogens with zero attached hydrogens (tertiary/aromatic N) is 1. The maximum Gasteiger partial charge on any atom is 0.264 e. The van der Waals surface area contributed by atoms with E-state index in [1.807, 2.05) is 43.5 Å². The summed E-state index contributed by atoms with van der Waals surface area (Å²) in [5.41, 5.74) is 4.25. The fourth-order valence-corrected chi connectivity index (χ4v) is 3.62. The Morgan fingerprint density at radius 3 is 3.03 bits per heavy atom. The van der Waals surface area contributed by atoms with E-state index >= 15 is 0 Å². The van der Waals surface area contributed by atoms with Gasteiger partial charge in [-0.2, -0.15) is 0 Å². The number of thiazole rings is 1. The van der Waals surface area contributed by atoms with E-state index in [0.29, 0.717) is 28.0 Å². The quantitative estimate of drug-likeness (QED) is 0.669. The van der Waals surface area contributed by atoms with Gasteiger partial charge in [-0.1, -0.05) is 12.1 Å². The summed E-state index contributed by atoms with van der Waals surface area (Å²) in [4.78, 5) is 28.2.